The maximum absolute atomic E-state index is 12.9. The van der Waals surface area contributed by atoms with Gasteiger partial charge in [-0.3, -0.25) is 14.4 Å². The van der Waals surface area contributed by atoms with E-state index < -0.39 is 6.10 Å². The number of carbonyl (C=O) groups excluding carboxylic acids is 3. The van der Waals surface area contributed by atoms with Crippen molar-refractivity contribution in [1.82, 2.24) is 0 Å². The number of allylic oxidation sites excluding steroid dienone is 10. The summed E-state index contributed by atoms with van der Waals surface area (Å²) < 4.78 is 16.9. The third kappa shape index (κ3) is 60.0. The van der Waals surface area contributed by atoms with Crippen molar-refractivity contribution in [3.05, 3.63) is 60.8 Å². The Hall–Kier alpha value is -2.89. The molecule has 430 valence electrons. The lowest BCUT2D eigenvalue weighted by atomic mass is 10.0. The van der Waals surface area contributed by atoms with Gasteiger partial charge in [0.15, 0.2) is 6.10 Å². The molecule has 0 radical (unpaired) electrons. The van der Waals surface area contributed by atoms with Gasteiger partial charge in [-0.15, -0.1) is 0 Å². The first-order valence-electron chi connectivity index (χ1n) is 32.3. The third-order valence-electron chi connectivity index (χ3n) is 14.3. The third-order valence-corrected chi connectivity index (χ3v) is 14.3. The molecule has 0 aliphatic rings. The standard InChI is InChI=1S/C68H122O6/c1-4-7-10-13-16-19-22-24-26-28-30-32-33-34-36-37-39-41-43-46-49-52-55-58-61-67(70)73-64-65(63-72-66(69)60-57-54-51-48-45-21-18-15-12-9-6-3)74-68(71)62-59-56-53-50-47-44-42-40-38-35-31-29-27-25-23-20-17-14-11-8-5-2/h8,11,15,17-18,20,25,27,31,35,65H,4-7,9-10,12-14,16,19,21-24,26,28-30,32-34,36-64H2,1-3H3/b11-8-,18-15-,20-17-,27-25-,35-31-. The van der Waals surface area contributed by atoms with E-state index >= 15 is 0 Å². The van der Waals surface area contributed by atoms with Gasteiger partial charge in [0, 0.05) is 19.3 Å². The van der Waals surface area contributed by atoms with Gasteiger partial charge in [-0.25, -0.2) is 0 Å². The number of rotatable bonds is 59. The van der Waals surface area contributed by atoms with Crippen molar-refractivity contribution in [3.8, 4) is 0 Å². The Balaban J connectivity index is 4.24. The molecule has 0 saturated heterocycles. The van der Waals surface area contributed by atoms with Crippen LogP contribution < -0.4 is 0 Å². The van der Waals surface area contributed by atoms with Crippen molar-refractivity contribution in [2.45, 2.75) is 341 Å². The maximum Gasteiger partial charge on any atom is 0.306 e. The predicted octanol–water partition coefficient (Wildman–Crippen LogP) is 21.9. The zero-order valence-electron chi connectivity index (χ0n) is 49.4. The van der Waals surface area contributed by atoms with E-state index in [0.29, 0.717) is 19.3 Å². The van der Waals surface area contributed by atoms with Crippen molar-refractivity contribution < 1.29 is 28.6 Å². The lowest BCUT2D eigenvalue weighted by Gasteiger charge is -2.18. The quantitative estimate of drug-likeness (QED) is 0.0261. The second-order valence-electron chi connectivity index (χ2n) is 21.6. The molecule has 0 spiro atoms. The van der Waals surface area contributed by atoms with Gasteiger partial charge in [0.25, 0.3) is 0 Å². The summed E-state index contributed by atoms with van der Waals surface area (Å²) in [6.07, 6.45) is 79.5. The summed E-state index contributed by atoms with van der Waals surface area (Å²) >= 11 is 0. The van der Waals surface area contributed by atoms with Crippen LogP contribution >= 0.6 is 0 Å². The van der Waals surface area contributed by atoms with Gasteiger partial charge in [0.2, 0.25) is 0 Å². The van der Waals surface area contributed by atoms with Gasteiger partial charge in [-0.2, -0.15) is 0 Å². The summed E-state index contributed by atoms with van der Waals surface area (Å²) in [5.41, 5.74) is 0. The van der Waals surface area contributed by atoms with Crippen molar-refractivity contribution >= 4 is 17.9 Å². The first-order valence-corrected chi connectivity index (χ1v) is 32.3. The van der Waals surface area contributed by atoms with E-state index in [0.717, 1.165) is 96.3 Å². The molecule has 0 aromatic carbocycles. The maximum atomic E-state index is 12.9. The van der Waals surface area contributed by atoms with Crippen LogP contribution in [0.5, 0.6) is 0 Å². The van der Waals surface area contributed by atoms with Crippen LogP contribution in [0, 0.1) is 0 Å². The molecule has 1 unspecified atom stereocenters. The van der Waals surface area contributed by atoms with Gasteiger partial charge >= 0.3 is 17.9 Å². The molecule has 0 aliphatic carbocycles. The van der Waals surface area contributed by atoms with Gasteiger partial charge in [0.1, 0.15) is 13.2 Å². The van der Waals surface area contributed by atoms with Crippen LogP contribution in [0.2, 0.25) is 0 Å². The molecular formula is C68H122O6. The van der Waals surface area contributed by atoms with E-state index in [1.54, 1.807) is 0 Å². The Morgan fingerprint density at radius 2 is 0.541 bits per heavy atom. The fraction of sp³-hybridized carbons (Fsp3) is 0.809. The average Bonchev–Trinajstić information content (AvgIpc) is 3.40. The normalized spacial score (nSPS) is 12.4. The van der Waals surface area contributed by atoms with Crippen LogP contribution in [0.3, 0.4) is 0 Å². The minimum atomic E-state index is -0.781. The molecule has 0 heterocycles. The molecule has 0 rings (SSSR count). The van der Waals surface area contributed by atoms with E-state index in [1.165, 1.54) is 199 Å². The monoisotopic (exact) mass is 1030 g/mol. The van der Waals surface area contributed by atoms with Crippen molar-refractivity contribution in [1.29, 1.82) is 0 Å². The number of hydrogen-bond donors (Lipinski definition) is 0. The van der Waals surface area contributed by atoms with E-state index in [4.69, 9.17) is 14.2 Å². The number of carbonyl (C=O) groups is 3. The van der Waals surface area contributed by atoms with E-state index in [9.17, 15) is 14.4 Å². The lowest BCUT2D eigenvalue weighted by Crippen LogP contribution is -2.30. The minimum Gasteiger partial charge on any atom is -0.462 e. The number of ether oxygens (including phenoxy) is 3. The van der Waals surface area contributed by atoms with Crippen LogP contribution in [0.15, 0.2) is 60.8 Å². The molecule has 0 bridgehead atoms. The Kier molecular flexibility index (Phi) is 60.2. The smallest absolute Gasteiger partial charge is 0.306 e. The summed E-state index contributed by atoms with van der Waals surface area (Å²) in [4.78, 5) is 38.3. The zero-order chi connectivity index (χ0) is 53.6. The Morgan fingerprint density at radius 3 is 0.878 bits per heavy atom. The molecule has 0 saturated carbocycles. The second kappa shape index (κ2) is 62.6. The van der Waals surface area contributed by atoms with E-state index in [-0.39, 0.29) is 31.1 Å². The molecule has 0 fully saturated rings. The highest BCUT2D eigenvalue weighted by atomic mass is 16.6. The van der Waals surface area contributed by atoms with Gasteiger partial charge in [-0.05, 0) is 77.0 Å². The molecular weight excluding hydrogens is 913 g/mol. The van der Waals surface area contributed by atoms with Crippen LogP contribution in [0.25, 0.3) is 0 Å². The van der Waals surface area contributed by atoms with Gasteiger partial charge in [0.05, 0.1) is 0 Å². The molecule has 0 aromatic rings. The van der Waals surface area contributed by atoms with Crippen LogP contribution in [-0.2, 0) is 28.6 Å². The number of unbranched alkanes of at least 4 members (excludes halogenated alkanes) is 38. The van der Waals surface area contributed by atoms with Gasteiger partial charge in [-0.1, -0.05) is 300 Å². The molecule has 1 atom stereocenters. The second-order valence-corrected chi connectivity index (χ2v) is 21.6. The SMILES string of the molecule is CC/C=C\C/C=C\C/C=C\C/C=C\CCCCCCCCCCC(=O)OC(COC(=O)CCCCCCC/C=C\CCCC)COC(=O)CCCCCCCCCCCCCCCCCCCCCCCCCC. The zero-order valence-corrected chi connectivity index (χ0v) is 49.4. The van der Waals surface area contributed by atoms with Crippen molar-refractivity contribution in [2.75, 3.05) is 13.2 Å². The summed E-state index contributed by atoms with van der Waals surface area (Å²) in [7, 11) is 0. The topological polar surface area (TPSA) is 78.9 Å². The summed E-state index contributed by atoms with van der Waals surface area (Å²) in [6.45, 7) is 6.52. The van der Waals surface area contributed by atoms with Crippen molar-refractivity contribution in [2.24, 2.45) is 0 Å². The molecule has 6 nitrogen and oxygen atoms in total. The van der Waals surface area contributed by atoms with Crippen LogP contribution in [0.1, 0.15) is 335 Å². The summed E-state index contributed by atoms with van der Waals surface area (Å²) in [5, 5.41) is 0. The Labute approximate surface area is 460 Å². The fourth-order valence-electron chi connectivity index (χ4n) is 9.42. The average molecular weight is 1040 g/mol. The highest BCUT2D eigenvalue weighted by molar-refractivity contribution is 5.71. The van der Waals surface area contributed by atoms with Crippen LogP contribution in [0.4, 0.5) is 0 Å². The van der Waals surface area contributed by atoms with Gasteiger partial charge < -0.3 is 14.2 Å². The lowest BCUT2D eigenvalue weighted by molar-refractivity contribution is -0.167. The summed E-state index contributed by atoms with van der Waals surface area (Å²) in [6, 6.07) is 0. The predicted molar refractivity (Wildman–Crippen MR) is 321 cm³/mol. The largest absolute Gasteiger partial charge is 0.462 e. The Bertz CT molecular complexity index is 1330. The van der Waals surface area contributed by atoms with Crippen LogP contribution in [-0.4, -0.2) is 37.2 Å². The first kappa shape index (κ1) is 71.1. The number of esters is 3. The van der Waals surface area contributed by atoms with Crippen molar-refractivity contribution in [3.63, 3.8) is 0 Å². The summed E-state index contributed by atoms with van der Waals surface area (Å²) in [5.74, 6) is -0.878. The van der Waals surface area contributed by atoms with E-state index in [2.05, 4.69) is 81.5 Å². The number of hydrogen-bond acceptors (Lipinski definition) is 6. The van der Waals surface area contributed by atoms with E-state index in [1.807, 2.05) is 0 Å². The molecule has 0 amide bonds. The fourth-order valence-corrected chi connectivity index (χ4v) is 9.42. The Morgan fingerprint density at radius 1 is 0.284 bits per heavy atom. The molecule has 0 aromatic heterocycles. The highest BCUT2D eigenvalue weighted by Gasteiger charge is 2.19. The molecule has 0 aliphatic heterocycles. The molecule has 0 N–H and O–H groups in total. The highest BCUT2D eigenvalue weighted by Crippen LogP contribution is 2.18. The molecule has 74 heavy (non-hydrogen) atoms. The molecule has 6 heteroatoms. The minimum absolute atomic E-state index is 0.0770. The first-order chi connectivity index (χ1) is 36.5.